The van der Waals surface area contributed by atoms with Crippen molar-refractivity contribution < 1.29 is 41.0 Å². The molecule has 18 heavy (non-hydrogen) atoms. The summed E-state index contributed by atoms with van der Waals surface area (Å²) < 4.78 is 72.2. The molecule has 10 heteroatoms. The molecule has 1 saturated carbocycles. The highest BCUT2D eigenvalue weighted by molar-refractivity contribution is 5.84. The van der Waals surface area contributed by atoms with Crippen LogP contribution in [0.1, 0.15) is 6.42 Å². The van der Waals surface area contributed by atoms with Gasteiger partial charge in [-0.15, -0.1) is 0 Å². The highest BCUT2D eigenvalue weighted by atomic mass is 19.4. The van der Waals surface area contributed by atoms with Crippen molar-refractivity contribution in [2.45, 2.75) is 18.8 Å². The smallest absolute Gasteiger partial charge is 0.471 e. The van der Waals surface area contributed by atoms with Gasteiger partial charge in [0.2, 0.25) is 0 Å². The lowest BCUT2D eigenvalue weighted by molar-refractivity contribution is -0.176. The van der Waals surface area contributed by atoms with Crippen LogP contribution < -0.4 is 5.32 Å². The molecule has 0 aromatic rings. The maximum absolute atomic E-state index is 12.3. The molecule has 0 heterocycles. The SMILES string of the molecule is O=C(NC[C@]1(C(=O)O)C[C@@H]1C(F)(F)F)C(F)(F)F. The van der Waals surface area contributed by atoms with Gasteiger partial charge in [0.05, 0.1) is 11.3 Å². The maximum Gasteiger partial charge on any atom is 0.471 e. The predicted molar refractivity (Wildman–Crippen MR) is 43.3 cm³/mol. The van der Waals surface area contributed by atoms with Crippen LogP contribution in [0.3, 0.4) is 0 Å². The molecule has 0 bridgehead atoms. The molecular weight excluding hydrogens is 272 g/mol. The third-order valence-corrected chi connectivity index (χ3v) is 2.72. The number of hydrogen-bond acceptors (Lipinski definition) is 2. The Bertz CT molecular complexity index is 376. The first-order valence-electron chi connectivity index (χ1n) is 4.56. The topological polar surface area (TPSA) is 66.4 Å². The third-order valence-electron chi connectivity index (χ3n) is 2.72. The minimum Gasteiger partial charge on any atom is -0.481 e. The Hall–Kier alpha value is -1.48. The fraction of sp³-hybridized carbons (Fsp3) is 0.750. The highest BCUT2D eigenvalue weighted by Crippen LogP contribution is 2.60. The van der Waals surface area contributed by atoms with Gasteiger partial charge in [0, 0.05) is 6.54 Å². The van der Waals surface area contributed by atoms with Crippen LogP contribution in [0.25, 0.3) is 0 Å². The van der Waals surface area contributed by atoms with E-state index in [1.807, 2.05) is 0 Å². The summed E-state index contributed by atoms with van der Waals surface area (Å²) in [6, 6.07) is 0. The summed E-state index contributed by atoms with van der Waals surface area (Å²) in [7, 11) is 0. The summed E-state index contributed by atoms with van der Waals surface area (Å²) in [6.45, 7) is -1.20. The summed E-state index contributed by atoms with van der Waals surface area (Å²) in [4.78, 5) is 21.1. The molecule has 0 saturated heterocycles. The van der Waals surface area contributed by atoms with Crippen LogP contribution in [-0.4, -0.2) is 35.9 Å². The first-order valence-corrected chi connectivity index (χ1v) is 4.56. The summed E-state index contributed by atoms with van der Waals surface area (Å²) in [6.07, 6.45) is -10.9. The number of carboxylic acids is 1. The van der Waals surface area contributed by atoms with E-state index in [-0.39, 0.29) is 0 Å². The number of carbonyl (C=O) groups excluding carboxylic acids is 1. The van der Waals surface area contributed by atoms with Gasteiger partial charge in [-0.25, -0.2) is 0 Å². The second kappa shape index (κ2) is 4.02. The van der Waals surface area contributed by atoms with Crippen LogP contribution in [0.2, 0.25) is 0 Å². The normalized spacial score (nSPS) is 27.8. The van der Waals surface area contributed by atoms with Crippen molar-refractivity contribution in [3.05, 3.63) is 0 Å². The fourth-order valence-corrected chi connectivity index (χ4v) is 1.58. The van der Waals surface area contributed by atoms with Gasteiger partial charge in [0.1, 0.15) is 0 Å². The van der Waals surface area contributed by atoms with E-state index in [0.29, 0.717) is 0 Å². The van der Waals surface area contributed by atoms with E-state index in [1.165, 1.54) is 0 Å². The Morgan fingerprint density at radius 3 is 2.00 bits per heavy atom. The number of amides is 1. The highest BCUT2D eigenvalue weighted by Gasteiger charge is 2.71. The molecule has 1 aliphatic rings. The van der Waals surface area contributed by atoms with Crippen molar-refractivity contribution in [2.24, 2.45) is 11.3 Å². The van der Waals surface area contributed by atoms with Crippen LogP contribution in [0.15, 0.2) is 0 Å². The number of alkyl halides is 6. The van der Waals surface area contributed by atoms with E-state index < -0.39 is 48.5 Å². The minimum absolute atomic E-state index is 0.843. The number of carboxylic acid groups (broad SMARTS) is 1. The standard InChI is InChI=1S/C8H7F6NO3/c9-7(10,11)3-1-6(3,5(17)18)2-15-4(16)8(12,13)14/h3H,1-2H2,(H,15,16)(H,17,18)/t3-,6+/m0/s1. The molecule has 2 atom stereocenters. The lowest BCUT2D eigenvalue weighted by Gasteiger charge is -2.15. The van der Waals surface area contributed by atoms with Crippen LogP contribution >= 0.6 is 0 Å². The Kier molecular flexibility index (Phi) is 3.26. The van der Waals surface area contributed by atoms with Crippen molar-refractivity contribution in [1.82, 2.24) is 5.32 Å². The second-order valence-electron chi connectivity index (χ2n) is 3.94. The number of halogens is 6. The van der Waals surface area contributed by atoms with Gasteiger partial charge in [0.15, 0.2) is 0 Å². The molecule has 1 rings (SSSR count). The number of rotatable bonds is 3. The molecule has 1 fully saturated rings. The molecule has 0 spiro atoms. The van der Waals surface area contributed by atoms with Crippen LogP contribution in [0.5, 0.6) is 0 Å². The Morgan fingerprint density at radius 1 is 1.22 bits per heavy atom. The van der Waals surface area contributed by atoms with Crippen molar-refractivity contribution in [1.29, 1.82) is 0 Å². The molecule has 2 N–H and O–H groups in total. The average molecular weight is 279 g/mol. The molecule has 104 valence electrons. The molecule has 4 nitrogen and oxygen atoms in total. The van der Waals surface area contributed by atoms with E-state index in [4.69, 9.17) is 5.11 Å². The molecular formula is C8H7F6NO3. The zero-order valence-corrected chi connectivity index (χ0v) is 8.52. The number of carbonyl (C=O) groups is 2. The van der Waals surface area contributed by atoms with Crippen LogP contribution in [-0.2, 0) is 9.59 Å². The van der Waals surface area contributed by atoms with Crippen molar-refractivity contribution in [3.8, 4) is 0 Å². The zero-order valence-electron chi connectivity index (χ0n) is 8.52. The Morgan fingerprint density at radius 2 is 1.72 bits per heavy atom. The summed E-state index contributed by atoms with van der Waals surface area (Å²) in [5.41, 5.74) is -2.39. The molecule has 1 amide bonds. The Labute approximate surface area is 95.9 Å². The summed E-state index contributed by atoms with van der Waals surface area (Å²) in [5, 5.41) is 9.78. The van der Waals surface area contributed by atoms with Crippen molar-refractivity contribution in [2.75, 3.05) is 6.54 Å². The maximum atomic E-state index is 12.3. The number of hydrogen-bond donors (Lipinski definition) is 2. The van der Waals surface area contributed by atoms with E-state index in [1.54, 1.807) is 0 Å². The van der Waals surface area contributed by atoms with E-state index in [9.17, 15) is 35.9 Å². The second-order valence-corrected chi connectivity index (χ2v) is 3.94. The van der Waals surface area contributed by atoms with Gasteiger partial charge in [-0.1, -0.05) is 0 Å². The quantitative estimate of drug-likeness (QED) is 0.766. The van der Waals surface area contributed by atoms with E-state index in [0.717, 1.165) is 5.32 Å². The van der Waals surface area contributed by atoms with Gasteiger partial charge < -0.3 is 10.4 Å². The monoisotopic (exact) mass is 279 g/mol. The first kappa shape index (κ1) is 14.6. The third kappa shape index (κ3) is 2.67. The number of aliphatic carboxylic acids is 1. The van der Waals surface area contributed by atoms with Crippen molar-refractivity contribution in [3.63, 3.8) is 0 Å². The van der Waals surface area contributed by atoms with Gasteiger partial charge in [-0.2, -0.15) is 26.3 Å². The van der Waals surface area contributed by atoms with Crippen LogP contribution in [0.4, 0.5) is 26.3 Å². The molecule has 1 aliphatic carbocycles. The molecule has 0 radical (unpaired) electrons. The van der Waals surface area contributed by atoms with E-state index in [2.05, 4.69) is 0 Å². The van der Waals surface area contributed by atoms with Gasteiger partial charge in [-0.05, 0) is 6.42 Å². The summed E-state index contributed by atoms with van der Waals surface area (Å²) >= 11 is 0. The first-order chi connectivity index (χ1) is 7.91. The lowest BCUT2D eigenvalue weighted by atomic mass is 10.0. The van der Waals surface area contributed by atoms with Gasteiger partial charge in [0.25, 0.3) is 0 Å². The zero-order chi connectivity index (χ0) is 14.4. The minimum atomic E-state index is -5.26. The number of nitrogens with one attached hydrogen (secondary N) is 1. The Balaban J connectivity index is 2.70. The average Bonchev–Trinajstić information content (AvgIpc) is 2.87. The van der Waals surface area contributed by atoms with E-state index >= 15 is 0 Å². The largest absolute Gasteiger partial charge is 0.481 e. The molecule has 0 aliphatic heterocycles. The predicted octanol–water partition coefficient (Wildman–Crippen LogP) is 1.32. The van der Waals surface area contributed by atoms with Crippen LogP contribution in [0, 0.1) is 11.3 Å². The fourth-order valence-electron chi connectivity index (χ4n) is 1.58. The lowest BCUT2D eigenvalue weighted by Crippen LogP contribution is -2.43. The summed E-state index contributed by atoms with van der Waals surface area (Å²) in [5.74, 6) is -6.58. The van der Waals surface area contributed by atoms with Gasteiger partial charge in [-0.3, -0.25) is 9.59 Å². The molecule has 0 aromatic carbocycles. The molecule has 0 aromatic heterocycles. The van der Waals surface area contributed by atoms with Gasteiger partial charge >= 0.3 is 24.2 Å². The molecule has 0 unspecified atom stereocenters. The van der Waals surface area contributed by atoms with Crippen molar-refractivity contribution >= 4 is 11.9 Å².